The van der Waals surface area contributed by atoms with Gasteiger partial charge in [-0.2, -0.15) is 4.98 Å². The number of hydrogen-bond donors (Lipinski definition) is 1. The van der Waals surface area contributed by atoms with Gasteiger partial charge in [-0.1, -0.05) is 35.0 Å². The van der Waals surface area contributed by atoms with Gasteiger partial charge in [-0.15, -0.1) is 0 Å². The molecular weight excluding hydrogens is 314 g/mol. The van der Waals surface area contributed by atoms with Gasteiger partial charge in [0, 0.05) is 18.8 Å². The molecule has 2 aliphatic carbocycles. The van der Waals surface area contributed by atoms with Gasteiger partial charge in [-0.25, -0.2) is 0 Å². The molecule has 2 saturated carbocycles. The van der Waals surface area contributed by atoms with Crippen LogP contribution in [0.3, 0.4) is 0 Å². The molecule has 1 unspecified atom stereocenters. The van der Waals surface area contributed by atoms with Crippen LogP contribution in [0.25, 0.3) is 0 Å². The molecule has 2 aliphatic rings. The maximum atomic E-state index is 12.4. The van der Waals surface area contributed by atoms with Crippen LogP contribution in [0.4, 0.5) is 0 Å². The predicted molar refractivity (Wildman–Crippen MR) is 94.0 cm³/mol. The highest BCUT2D eigenvalue weighted by Gasteiger charge is 2.33. The average Bonchev–Trinajstić information content (AvgIpc) is 3.53. The normalized spacial score (nSPS) is 18.1. The van der Waals surface area contributed by atoms with Crippen LogP contribution >= 0.6 is 0 Å². The quantitative estimate of drug-likeness (QED) is 0.793. The van der Waals surface area contributed by atoms with Crippen molar-refractivity contribution in [1.82, 2.24) is 15.5 Å². The predicted octanol–water partition coefficient (Wildman–Crippen LogP) is 3.85. The van der Waals surface area contributed by atoms with Crippen LogP contribution in [0.2, 0.25) is 0 Å². The van der Waals surface area contributed by atoms with E-state index < -0.39 is 0 Å². The summed E-state index contributed by atoms with van der Waals surface area (Å²) in [6, 6.07) is 8.65. The monoisotopic (exact) mass is 339 g/mol. The number of benzene rings is 1. The highest BCUT2D eigenvalue weighted by Crippen LogP contribution is 2.41. The molecule has 0 spiro atoms. The lowest BCUT2D eigenvalue weighted by atomic mass is 10.0. The molecule has 25 heavy (non-hydrogen) atoms. The fourth-order valence-corrected chi connectivity index (χ4v) is 3.20. The summed E-state index contributed by atoms with van der Waals surface area (Å²) in [6.45, 7) is 2.08. The Morgan fingerprint density at radius 2 is 2.00 bits per heavy atom. The lowest BCUT2D eigenvalue weighted by molar-refractivity contribution is -0.122. The zero-order valence-corrected chi connectivity index (χ0v) is 14.7. The van der Waals surface area contributed by atoms with Crippen molar-refractivity contribution in [2.24, 2.45) is 5.92 Å². The fraction of sp³-hybridized carbons (Fsp3) is 0.550. The van der Waals surface area contributed by atoms with Crippen molar-refractivity contribution < 1.29 is 9.32 Å². The van der Waals surface area contributed by atoms with Gasteiger partial charge < -0.3 is 9.84 Å². The molecule has 0 aliphatic heterocycles. The van der Waals surface area contributed by atoms with Gasteiger partial charge in [-0.3, -0.25) is 4.79 Å². The lowest BCUT2D eigenvalue weighted by Gasteiger charge is -2.19. The second-order valence-electron chi connectivity index (χ2n) is 7.47. The molecule has 0 bridgehead atoms. The topological polar surface area (TPSA) is 68.0 Å². The number of rotatable bonds is 8. The molecule has 5 heteroatoms. The SMILES string of the molecule is Cc1ccc(C(NC(=O)CCCc2nc(C3CC3)no2)C2CC2)cc1. The summed E-state index contributed by atoms with van der Waals surface area (Å²) in [4.78, 5) is 16.8. The van der Waals surface area contributed by atoms with Crippen molar-refractivity contribution in [3.8, 4) is 0 Å². The molecule has 1 N–H and O–H groups in total. The third-order valence-corrected chi connectivity index (χ3v) is 5.07. The summed E-state index contributed by atoms with van der Waals surface area (Å²) < 4.78 is 5.26. The molecule has 0 radical (unpaired) electrons. The summed E-state index contributed by atoms with van der Waals surface area (Å²) in [7, 11) is 0. The Balaban J connectivity index is 1.27. The van der Waals surface area contributed by atoms with E-state index in [-0.39, 0.29) is 11.9 Å². The second kappa shape index (κ2) is 6.98. The molecular formula is C20H25N3O2. The molecule has 2 aromatic rings. The van der Waals surface area contributed by atoms with Gasteiger partial charge in [0.1, 0.15) is 0 Å². The third-order valence-electron chi connectivity index (χ3n) is 5.07. The van der Waals surface area contributed by atoms with Crippen molar-refractivity contribution in [3.63, 3.8) is 0 Å². The van der Waals surface area contributed by atoms with Gasteiger partial charge in [0.05, 0.1) is 6.04 Å². The Morgan fingerprint density at radius 3 is 2.68 bits per heavy atom. The van der Waals surface area contributed by atoms with E-state index in [1.165, 1.54) is 36.8 Å². The number of hydrogen-bond acceptors (Lipinski definition) is 4. The van der Waals surface area contributed by atoms with E-state index in [2.05, 4.69) is 46.6 Å². The third kappa shape index (κ3) is 4.27. The summed E-state index contributed by atoms with van der Waals surface area (Å²) in [5, 5.41) is 7.24. The van der Waals surface area contributed by atoms with Crippen LogP contribution in [0.15, 0.2) is 28.8 Å². The Morgan fingerprint density at radius 1 is 1.24 bits per heavy atom. The fourth-order valence-electron chi connectivity index (χ4n) is 3.20. The minimum absolute atomic E-state index is 0.111. The van der Waals surface area contributed by atoms with Crippen LogP contribution in [0.5, 0.6) is 0 Å². The van der Waals surface area contributed by atoms with Crippen molar-refractivity contribution in [1.29, 1.82) is 0 Å². The first-order valence-electron chi connectivity index (χ1n) is 9.37. The first-order valence-corrected chi connectivity index (χ1v) is 9.37. The molecule has 0 saturated heterocycles. The Bertz CT molecular complexity index is 730. The summed E-state index contributed by atoms with van der Waals surface area (Å²) in [5.41, 5.74) is 2.46. The Labute approximate surface area is 148 Å². The number of nitrogens with zero attached hydrogens (tertiary/aromatic N) is 2. The molecule has 4 rings (SSSR count). The summed E-state index contributed by atoms with van der Waals surface area (Å²) in [6.07, 6.45) is 6.65. The minimum atomic E-state index is 0.111. The molecule has 1 amide bonds. The average molecular weight is 339 g/mol. The molecule has 5 nitrogen and oxygen atoms in total. The summed E-state index contributed by atoms with van der Waals surface area (Å²) >= 11 is 0. The standard InChI is InChI=1S/C20H25N3O2/c1-13-5-7-14(8-6-13)19(15-9-10-15)21-17(24)3-2-4-18-22-20(23-25-18)16-11-12-16/h5-8,15-16,19H,2-4,9-12H2,1H3,(H,21,24). The van der Waals surface area contributed by atoms with Gasteiger partial charge in [0.25, 0.3) is 0 Å². The maximum absolute atomic E-state index is 12.4. The Hall–Kier alpha value is -2.17. The van der Waals surface area contributed by atoms with Crippen molar-refractivity contribution in [3.05, 3.63) is 47.1 Å². The van der Waals surface area contributed by atoms with Crippen LogP contribution in [0.1, 0.15) is 73.3 Å². The van der Waals surface area contributed by atoms with Gasteiger partial charge in [-0.05, 0) is 50.5 Å². The minimum Gasteiger partial charge on any atom is -0.349 e. The first-order chi connectivity index (χ1) is 12.2. The van der Waals surface area contributed by atoms with Crippen LogP contribution in [-0.4, -0.2) is 16.0 Å². The zero-order valence-electron chi connectivity index (χ0n) is 14.7. The molecule has 1 aromatic heterocycles. The van der Waals surface area contributed by atoms with E-state index in [9.17, 15) is 4.79 Å². The first kappa shape index (κ1) is 16.3. The number of aryl methyl sites for hydroxylation is 2. The summed E-state index contributed by atoms with van der Waals surface area (Å²) in [5.74, 6) is 2.71. The van der Waals surface area contributed by atoms with E-state index >= 15 is 0 Å². The van der Waals surface area contributed by atoms with Crippen molar-refractivity contribution in [2.75, 3.05) is 0 Å². The highest BCUT2D eigenvalue weighted by atomic mass is 16.5. The van der Waals surface area contributed by atoms with E-state index in [1.807, 2.05) is 0 Å². The van der Waals surface area contributed by atoms with Gasteiger partial charge >= 0.3 is 0 Å². The second-order valence-corrected chi connectivity index (χ2v) is 7.47. The van der Waals surface area contributed by atoms with E-state index in [1.54, 1.807) is 0 Å². The zero-order chi connectivity index (χ0) is 17.2. The largest absolute Gasteiger partial charge is 0.349 e. The number of carbonyl (C=O) groups is 1. The molecule has 1 aromatic carbocycles. The molecule has 1 heterocycles. The van der Waals surface area contributed by atoms with Crippen molar-refractivity contribution in [2.45, 2.75) is 63.8 Å². The maximum Gasteiger partial charge on any atom is 0.226 e. The molecule has 1 atom stereocenters. The van der Waals surface area contributed by atoms with Crippen LogP contribution in [-0.2, 0) is 11.2 Å². The number of carbonyl (C=O) groups excluding carboxylic acids is 1. The number of nitrogens with one attached hydrogen (secondary N) is 1. The van der Waals surface area contributed by atoms with Gasteiger partial charge in [0.2, 0.25) is 11.8 Å². The van der Waals surface area contributed by atoms with Crippen LogP contribution < -0.4 is 5.32 Å². The lowest BCUT2D eigenvalue weighted by Crippen LogP contribution is -2.29. The molecule has 132 valence electrons. The molecule has 2 fully saturated rings. The Kier molecular flexibility index (Phi) is 4.55. The van der Waals surface area contributed by atoms with E-state index in [0.29, 0.717) is 30.6 Å². The van der Waals surface area contributed by atoms with Crippen LogP contribution in [0, 0.1) is 12.8 Å². The number of amides is 1. The van der Waals surface area contributed by atoms with E-state index in [0.717, 1.165) is 12.2 Å². The number of aromatic nitrogens is 2. The van der Waals surface area contributed by atoms with Crippen molar-refractivity contribution >= 4 is 5.91 Å². The van der Waals surface area contributed by atoms with E-state index in [4.69, 9.17) is 4.52 Å². The smallest absolute Gasteiger partial charge is 0.226 e. The van der Waals surface area contributed by atoms with Gasteiger partial charge in [0.15, 0.2) is 5.82 Å². The highest BCUT2D eigenvalue weighted by molar-refractivity contribution is 5.76.